The minimum atomic E-state index is 0.0857. The van der Waals surface area contributed by atoms with E-state index in [0.717, 1.165) is 13.1 Å². The number of likely N-dealkylation sites (tertiary alicyclic amines) is 1. The van der Waals surface area contributed by atoms with Crippen molar-refractivity contribution in [2.45, 2.75) is 18.9 Å². The molecule has 1 aliphatic rings. The Morgan fingerprint density at radius 3 is 2.71 bits per heavy atom. The van der Waals surface area contributed by atoms with Crippen LogP contribution in [0.2, 0.25) is 0 Å². The van der Waals surface area contributed by atoms with E-state index in [9.17, 15) is 0 Å². The van der Waals surface area contributed by atoms with E-state index < -0.39 is 0 Å². The summed E-state index contributed by atoms with van der Waals surface area (Å²) >= 11 is 0. The Hall–Kier alpha value is -0.160. The minimum Gasteiger partial charge on any atom is -0.395 e. The summed E-state index contributed by atoms with van der Waals surface area (Å²) in [6.45, 7) is 5.21. The summed E-state index contributed by atoms with van der Waals surface area (Å²) in [5.41, 5.74) is 0. The highest BCUT2D eigenvalue weighted by Gasteiger charge is 2.11. The number of nitrogens with zero attached hydrogens (tertiary/aromatic N) is 1. The minimum absolute atomic E-state index is 0.0857. The van der Waals surface area contributed by atoms with Crippen LogP contribution in [0.25, 0.3) is 0 Å². The van der Waals surface area contributed by atoms with Crippen molar-refractivity contribution in [2.24, 2.45) is 0 Å². The number of rotatable bonds is 7. The van der Waals surface area contributed by atoms with Gasteiger partial charge in [0.25, 0.3) is 0 Å². The molecule has 1 unspecified atom stereocenters. The molecule has 0 aromatic rings. The molecule has 0 bridgehead atoms. The van der Waals surface area contributed by atoms with E-state index in [4.69, 9.17) is 9.84 Å². The van der Waals surface area contributed by atoms with Crippen LogP contribution in [0.1, 0.15) is 12.8 Å². The summed E-state index contributed by atoms with van der Waals surface area (Å²) in [4.78, 5) is 2.45. The van der Waals surface area contributed by atoms with Crippen LogP contribution in [-0.2, 0) is 4.74 Å². The molecule has 14 heavy (non-hydrogen) atoms. The zero-order chi connectivity index (χ0) is 10.2. The number of aliphatic hydroxyl groups is 1. The van der Waals surface area contributed by atoms with E-state index in [1.54, 1.807) is 7.11 Å². The normalized spacial score (nSPS) is 20.1. The first-order chi connectivity index (χ1) is 6.86. The fourth-order valence-electron chi connectivity index (χ4n) is 1.81. The molecular formula is C10H22N2O2. The summed E-state index contributed by atoms with van der Waals surface area (Å²) in [7, 11) is 1.66. The summed E-state index contributed by atoms with van der Waals surface area (Å²) in [6, 6.07) is 0.0857. The SMILES string of the molecule is COCC(CO)NCCN1CCCC1. The van der Waals surface area contributed by atoms with Crippen LogP contribution in [0, 0.1) is 0 Å². The van der Waals surface area contributed by atoms with E-state index in [-0.39, 0.29) is 12.6 Å². The monoisotopic (exact) mass is 202 g/mol. The van der Waals surface area contributed by atoms with Gasteiger partial charge in [0.2, 0.25) is 0 Å². The molecule has 1 rings (SSSR count). The second-order valence-corrected chi connectivity index (χ2v) is 3.84. The van der Waals surface area contributed by atoms with Crippen molar-refractivity contribution in [3.63, 3.8) is 0 Å². The zero-order valence-electron chi connectivity index (χ0n) is 9.04. The summed E-state index contributed by atoms with van der Waals surface area (Å²) in [5.74, 6) is 0. The van der Waals surface area contributed by atoms with Crippen molar-refractivity contribution in [2.75, 3.05) is 46.5 Å². The molecule has 4 heteroatoms. The Labute approximate surface area is 86.2 Å². The van der Waals surface area contributed by atoms with Crippen LogP contribution in [0.3, 0.4) is 0 Å². The van der Waals surface area contributed by atoms with Gasteiger partial charge in [-0.3, -0.25) is 0 Å². The third-order valence-electron chi connectivity index (χ3n) is 2.65. The first-order valence-corrected chi connectivity index (χ1v) is 5.42. The Kier molecular flexibility index (Phi) is 6.10. The molecule has 0 spiro atoms. The van der Waals surface area contributed by atoms with Gasteiger partial charge < -0.3 is 20.1 Å². The lowest BCUT2D eigenvalue weighted by Crippen LogP contribution is -2.40. The highest BCUT2D eigenvalue weighted by molar-refractivity contribution is 4.69. The molecule has 0 aliphatic carbocycles. The lowest BCUT2D eigenvalue weighted by atomic mass is 10.3. The largest absolute Gasteiger partial charge is 0.395 e. The maximum atomic E-state index is 8.99. The molecule has 0 radical (unpaired) electrons. The number of hydrogen-bond acceptors (Lipinski definition) is 4. The fourth-order valence-corrected chi connectivity index (χ4v) is 1.81. The van der Waals surface area contributed by atoms with Crippen LogP contribution >= 0.6 is 0 Å². The molecule has 0 amide bonds. The molecule has 1 atom stereocenters. The molecule has 1 heterocycles. The van der Waals surface area contributed by atoms with Gasteiger partial charge >= 0.3 is 0 Å². The van der Waals surface area contributed by atoms with Gasteiger partial charge in [-0.05, 0) is 25.9 Å². The number of methoxy groups -OCH3 is 1. The second kappa shape index (κ2) is 7.17. The Morgan fingerprint density at radius 1 is 1.43 bits per heavy atom. The fraction of sp³-hybridized carbons (Fsp3) is 1.00. The van der Waals surface area contributed by atoms with E-state index in [1.807, 2.05) is 0 Å². The molecular weight excluding hydrogens is 180 g/mol. The van der Waals surface area contributed by atoms with Crippen molar-refractivity contribution in [3.8, 4) is 0 Å². The second-order valence-electron chi connectivity index (χ2n) is 3.84. The molecule has 4 nitrogen and oxygen atoms in total. The van der Waals surface area contributed by atoms with Gasteiger partial charge in [0, 0.05) is 20.2 Å². The van der Waals surface area contributed by atoms with Gasteiger partial charge in [0.05, 0.1) is 19.3 Å². The molecule has 0 aromatic heterocycles. The standard InChI is InChI=1S/C10H22N2O2/c1-14-9-10(8-13)11-4-7-12-5-2-3-6-12/h10-11,13H,2-9H2,1H3. The van der Waals surface area contributed by atoms with Crippen LogP contribution in [0.4, 0.5) is 0 Å². The number of nitrogens with one attached hydrogen (secondary N) is 1. The predicted octanol–water partition coefficient (Wildman–Crippen LogP) is -0.321. The van der Waals surface area contributed by atoms with Gasteiger partial charge in [0.15, 0.2) is 0 Å². The third kappa shape index (κ3) is 4.37. The summed E-state index contributed by atoms with van der Waals surface area (Å²) in [6.07, 6.45) is 2.67. The van der Waals surface area contributed by atoms with Gasteiger partial charge in [-0.1, -0.05) is 0 Å². The van der Waals surface area contributed by atoms with Gasteiger partial charge in [-0.25, -0.2) is 0 Å². The first kappa shape index (κ1) is 11.9. The first-order valence-electron chi connectivity index (χ1n) is 5.42. The maximum absolute atomic E-state index is 8.99. The lowest BCUT2D eigenvalue weighted by Gasteiger charge is -2.18. The van der Waals surface area contributed by atoms with Crippen molar-refractivity contribution >= 4 is 0 Å². The van der Waals surface area contributed by atoms with Crippen LogP contribution in [-0.4, -0.2) is 62.6 Å². The van der Waals surface area contributed by atoms with Crippen LogP contribution in [0.15, 0.2) is 0 Å². The lowest BCUT2D eigenvalue weighted by molar-refractivity contribution is 0.127. The van der Waals surface area contributed by atoms with Crippen molar-refractivity contribution < 1.29 is 9.84 Å². The molecule has 1 fully saturated rings. The van der Waals surface area contributed by atoms with E-state index >= 15 is 0 Å². The van der Waals surface area contributed by atoms with Gasteiger partial charge in [0.1, 0.15) is 0 Å². The average Bonchev–Trinajstić information content (AvgIpc) is 2.69. The smallest absolute Gasteiger partial charge is 0.0638 e. The molecule has 1 saturated heterocycles. The average molecular weight is 202 g/mol. The van der Waals surface area contributed by atoms with Gasteiger partial charge in [-0.15, -0.1) is 0 Å². The van der Waals surface area contributed by atoms with E-state index in [2.05, 4.69) is 10.2 Å². The maximum Gasteiger partial charge on any atom is 0.0638 e. The summed E-state index contributed by atoms with van der Waals surface area (Å²) < 4.78 is 4.98. The van der Waals surface area contributed by atoms with Crippen LogP contribution < -0.4 is 5.32 Å². The van der Waals surface area contributed by atoms with Crippen molar-refractivity contribution in [3.05, 3.63) is 0 Å². The number of hydrogen-bond donors (Lipinski definition) is 2. The van der Waals surface area contributed by atoms with E-state index in [1.165, 1.54) is 25.9 Å². The van der Waals surface area contributed by atoms with Crippen molar-refractivity contribution in [1.29, 1.82) is 0 Å². The Balaban J connectivity index is 2.00. The molecule has 84 valence electrons. The highest BCUT2D eigenvalue weighted by atomic mass is 16.5. The molecule has 0 aromatic carbocycles. The molecule has 2 N–H and O–H groups in total. The van der Waals surface area contributed by atoms with Gasteiger partial charge in [-0.2, -0.15) is 0 Å². The Bertz CT molecular complexity index is 138. The predicted molar refractivity (Wildman–Crippen MR) is 56.4 cm³/mol. The number of ether oxygens (including phenoxy) is 1. The Morgan fingerprint density at radius 2 is 2.14 bits per heavy atom. The third-order valence-corrected chi connectivity index (χ3v) is 2.65. The summed E-state index contributed by atoms with van der Waals surface area (Å²) in [5, 5.41) is 12.3. The molecule has 0 saturated carbocycles. The number of aliphatic hydroxyl groups excluding tert-OH is 1. The topological polar surface area (TPSA) is 44.7 Å². The van der Waals surface area contributed by atoms with E-state index in [0.29, 0.717) is 6.61 Å². The highest BCUT2D eigenvalue weighted by Crippen LogP contribution is 2.05. The molecule has 1 aliphatic heterocycles. The zero-order valence-corrected chi connectivity index (χ0v) is 9.04. The van der Waals surface area contributed by atoms with Crippen LogP contribution in [0.5, 0.6) is 0 Å². The quantitative estimate of drug-likeness (QED) is 0.594. The van der Waals surface area contributed by atoms with Crippen molar-refractivity contribution in [1.82, 2.24) is 10.2 Å².